The van der Waals surface area contributed by atoms with Gasteiger partial charge >= 0.3 is 0 Å². The summed E-state index contributed by atoms with van der Waals surface area (Å²) in [4.78, 5) is 6.27. The molecule has 0 aromatic carbocycles. The number of hydrogen-bond donors (Lipinski definition) is 3. The molecule has 6 heteroatoms. The summed E-state index contributed by atoms with van der Waals surface area (Å²) in [5.41, 5.74) is 0. The molecule has 0 aromatic heterocycles. The molecule has 5 atom stereocenters. The quantitative estimate of drug-likeness (QED) is 0.580. The number of rotatable bonds is 3. The molecular weight excluding hydrogens is 224 g/mol. The normalized spacial score (nSPS) is 39.8. The summed E-state index contributed by atoms with van der Waals surface area (Å²) in [5, 5.41) is 28.8. The van der Waals surface area contributed by atoms with E-state index < -0.39 is 30.3 Å². The fourth-order valence-electron chi connectivity index (χ4n) is 2.55. The predicted molar refractivity (Wildman–Crippen MR) is 61.6 cm³/mol. The lowest BCUT2D eigenvalue weighted by Gasteiger charge is -2.24. The van der Waals surface area contributed by atoms with Crippen LogP contribution in [-0.4, -0.2) is 70.3 Å². The summed E-state index contributed by atoms with van der Waals surface area (Å²) in [6, 6.07) is 0.0483. The molecule has 0 amide bonds. The zero-order chi connectivity index (χ0) is 12.6. The predicted octanol–water partition coefficient (Wildman–Crippen LogP) is -1.20. The van der Waals surface area contributed by atoms with E-state index in [0.29, 0.717) is 6.02 Å². The van der Waals surface area contributed by atoms with Crippen molar-refractivity contribution in [2.24, 2.45) is 10.9 Å². The van der Waals surface area contributed by atoms with Crippen molar-refractivity contribution >= 4 is 6.02 Å². The van der Waals surface area contributed by atoms with Crippen molar-refractivity contribution in [2.45, 2.75) is 38.2 Å². The van der Waals surface area contributed by atoms with Gasteiger partial charge in [0.15, 0.2) is 0 Å². The molecule has 2 aliphatic rings. The van der Waals surface area contributed by atoms with Crippen LogP contribution in [0, 0.1) is 5.92 Å². The maximum absolute atomic E-state index is 9.85. The van der Waals surface area contributed by atoms with E-state index in [1.54, 1.807) is 0 Å². The second kappa shape index (κ2) is 4.80. The zero-order valence-corrected chi connectivity index (χ0v) is 10.2. The van der Waals surface area contributed by atoms with Crippen LogP contribution in [0.25, 0.3) is 0 Å². The Morgan fingerprint density at radius 2 is 1.88 bits per heavy atom. The molecule has 1 fully saturated rings. The molecule has 1 aliphatic heterocycles. The van der Waals surface area contributed by atoms with Gasteiger partial charge in [0.25, 0.3) is 6.02 Å². The van der Waals surface area contributed by atoms with Crippen LogP contribution in [0.15, 0.2) is 4.99 Å². The van der Waals surface area contributed by atoms with Crippen LogP contribution >= 0.6 is 0 Å². The summed E-state index contributed by atoms with van der Waals surface area (Å²) in [6.07, 6.45) is -2.33. The summed E-state index contributed by atoms with van der Waals surface area (Å²) >= 11 is 0. The van der Waals surface area contributed by atoms with Crippen LogP contribution in [0.5, 0.6) is 0 Å². The van der Waals surface area contributed by atoms with Gasteiger partial charge in [0.05, 0.1) is 18.6 Å². The van der Waals surface area contributed by atoms with Crippen molar-refractivity contribution in [3.8, 4) is 0 Å². The summed E-state index contributed by atoms with van der Waals surface area (Å²) < 4.78 is 5.67. The number of aliphatic hydroxyl groups excluding tert-OH is 3. The minimum Gasteiger partial charge on any atom is -0.459 e. The minimum absolute atomic E-state index is 0.208. The highest BCUT2D eigenvalue weighted by molar-refractivity contribution is 5.76. The number of fused-ring (bicyclic) bond motifs is 1. The van der Waals surface area contributed by atoms with Gasteiger partial charge in [-0.2, -0.15) is 0 Å². The zero-order valence-electron chi connectivity index (χ0n) is 10.2. The summed E-state index contributed by atoms with van der Waals surface area (Å²) in [5.74, 6) is -0.466. The molecule has 2 unspecified atom stereocenters. The molecule has 1 saturated carbocycles. The molecular formula is C11H20N2O4. The van der Waals surface area contributed by atoms with Crippen molar-refractivity contribution in [2.75, 3.05) is 19.7 Å². The average Bonchev–Trinajstić information content (AvgIpc) is 2.83. The lowest BCUT2D eigenvalue weighted by atomic mass is 10.1. The van der Waals surface area contributed by atoms with Crippen LogP contribution in [0.3, 0.4) is 0 Å². The molecule has 0 bridgehead atoms. The average molecular weight is 244 g/mol. The van der Waals surface area contributed by atoms with Crippen molar-refractivity contribution in [3.05, 3.63) is 0 Å². The third kappa shape index (κ3) is 1.90. The summed E-state index contributed by atoms with van der Waals surface area (Å²) in [7, 11) is 0. The molecule has 3 N–H and O–H groups in total. The van der Waals surface area contributed by atoms with Crippen LogP contribution in [0.2, 0.25) is 0 Å². The molecule has 1 aliphatic carbocycles. The number of ether oxygens (including phenoxy) is 1. The molecule has 0 spiro atoms. The Labute approximate surface area is 101 Å². The van der Waals surface area contributed by atoms with Gasteiger partial charge < -0.3 is 25.0 Å². The fourth-order valence-corrected chi connectivity index (χ4v) is 2.55. The van der Waals surface area contributed by atoms with E-state index in [2.05, 4.69) is 4.99 Å². The number of aliphatic imine (C=N–C) groups is 1. The SMILES string of the molecule is CCN(CC)C1=NC2C(O1)[C@H](CO)[C@@H](O)[C@@H]2O. The first-order valence-electron chi connectivity index (χ1n) is 6.10. The topological polar surface area (TPSA) is 85.5 Å². The Morgan fingerprint density at radius 3 is 2.41 bits per heavy atom. The monoisotopic (exact) mass is 244 g/mol. The molecule has 17 heavy (non-hydrogen) atoms. The highest BCUT2D eigenvalue weighted by Gasteiger charge is 2.54. The number of hydrogen-bond acceptors (Lipinski definition) is 6. The second-order valence-electron chi connectivity index (χ2n) is 4.48. The van der Waals surface area contributed by atoms with Gasteiger partial charge in [-0.15, -0.1) is 0 Å². The van der Waals surface area contributed by atoms with E-state index in [-0.39, 0.29) is 6.61 Å². The van der Waals surface area contributed by atoms with Crippen molar-refractivity contribution in [3.63, 3.8) is 0 Å². The van der Waals surface area contributed by atoms with Crippen molar-refractivity contribution < 1.29 is 20.1 Å². The molecule has 98 valence electrons. The molecule has 0 saturated heterocycles. The van der Waals surface area contributed by atoms with Crippen LogP contribution < -0.4 is 0 Å². The maximum Gasteiger partial charge on any atom is 0.288 e. The molecule has 6 nitrogen and oxygen atoms in total. The summed E-state index contributed by atoms with van der Waals surface area (Å²) in [6.45, 7) is 5.34. The highest BCUT2D eigenvalue weighted by atomic mass is 16.5. The van der Waals surface area contributed by atoms with E-state index in [0.717, 1.165) is 13.1 Å². The van der Waals surface area contributed by atoms with Gasteiger partial charge in [-0.3, -0.25) is 0 Å². The Kier molecular flexibility index (Phi) is 3.56. The molecule has 0 radical (unpaired) electrons. The van der Waals surface area contributed by atoms with Gasteiger partial charge in [-0.05, 0) is 13.8 Å². The van der Waals surface area contributed by atoms with Gasteiger partial charge in [0.1, 0.15) is 18.2 Å². The molecule has 2 rings (SSSR count). The lowest BCUT2D eigenvalue weighted by molar-refractivity contribution is -0.00849. The maximum atomic E-state index is 9.85. The van der Waals surface area contributed by atoms with Crippen LogP contribution in [0.1, 0.15) is 13.8 Å². The largest absolute Gasteiger partial charge is 0.459 e. The second-order valence-corrected chi connectivity index (χ2v) is 4.48. The van der Waals surface area contributed by atoms with E-state index >= 15 is 0 Å². The standard InChI is InChI=1S/C11H20N2O4/c1-3-13(4-2)11-12-7-9(16)8(15)6(5-14)10(7)17-11/h6-10,14-16H,3-5H2,1-2H3/t6-,7?,8-,9-,10?/m1/s1. The molecule has 0 aromatic rings. The van der Waals surface area contributed by atoms with Gasteiger partial charge in [-0.25, -0.2) is 4.99 Å². The minimum atomic E-state index is -0.961. The first kappa shape index (κ1) is 12.6. The van der Waals surface area contributed by atoms with Gasteiger partial charge in [0, 0.05) is 13.1 Å². The van der Waals surface area contributed by atoms with E-state index in [9.17, 15) is 15.3 Å². The van der Waals surface area contributed by atoms with Crippen molar-refractivity contribution in [1.29, 1.82) is 0 Å². The Balaban J connectivity index is 2.15. The number of nitrogens with zero attached hydrogens (tertiary/aromatic N) is 2. The third-order valence-corrected chi connectivity index (χ3v) is 3.64. The van der Waals surface area contributed by atoms with Gasteiger partial charge in [-0.1, -0.05) is 0 Å². The smallest absolute Gasteiger partial charge is 0.288 e. The van der Waals surface area contributed by atoms with Crippen molar-refractivity contribution in [1.82, 2.24) is 4.90 Å². The molecule has 1 heterocycles. The van der Waals surface area contributed by atoms with Gasteiger partial charge in [0.2, 0.25) is 0 Å². The Bertz CT molecular complexity index is 306. The lowest BCUT2D eigenvalue weighted by Crippen LogP contribution is -2.36. The third-order valence-electron chi connectivity index (χ3n) is 3.64. The van der Waals surface area contributed by atoms with E-state index in [4.69, 9.17) is 4.74 Å². The number of aliphatic hydroxyl groups is 3. The fraction of sp³-hybridized carbons (Fsp3) is 0.909. The Morgan fingerprint density at radius 1 is 1.24 bits per heavy atom. The van der Waals surface area contributed by atoms with Crippen LogP contribution in [0.4, 0.5) is 0 Å². The first-order chi connectivity index (χ1) is 8.13. The van der Waals surface area contributed by atoms with E-state index in [1.165, 1.54) is 0 Å². The Hall–Kier alpha value is -0.850. The highest BCUT2D eigenvalue weighted by Crippen LogP contribution is 2.35. The first-order valence-corrected chi connectivity index (χ1v) is 6.10. The van der Waals surface area contributed by atoms with E-state index in [1.807, 2.05) is 18.7 Å². The van der Waals surface area contributed by atoms with Crippen LogP contribution in [-0.2, 0) is 4.74 Å². The number of amidine groups is 1.